The fourth-order valence-corrected chi connectivity index (χ4v) is 5.47. The number of ether oxygens (including phenoxy) is 1. The molecule has 1 spiro atoms. The highest BCUT2D eigenvalue weighted by atomic mass is 16.5. The van der Waals surface area contributed by atoms with E-state index >= 15 is 0 Å². The number of pyridine rings is 1. The number of piperidine rings is 1. The van der Waals surface area contributed by atoms with E-state index in [1.165, 1.54) is 5.56 Å². The molecule has 2 aliphatic rings. The SMILES string of the molecule is COc1ccc(C(=O)N2CCC3(CC2)CN(Cc2ccccc2)CC3c2nncn2C)cn1. The summed E-state index contributed by atoms with van der Waals surface area (Å²) in [7, 11) is 3.60. The van der Waals surface area contributed by atoms with Crippen LogP contribution < -0.4 is 4.74 Å². The Morgan fingerprint density at radius 1 is 1.15 bits per heavy atom. The molecule has 8 heteroatoms. The van der Waals surface area contributed by atoms with Crippen molar-refractivity contribution in [3.63, 3.8) is 0 Å². The van der Waals surface area contributed by atoms with Crippen LogP contribution >= 0.6 is 0 Å². The van der Waals surface area contributed by atoms with Crippen LogP contribution in [0.2, 0.25) is 0 Å². The molecule has 0 bridgehead atoms. The lowest BCUT2D eigenvalue weighted by molar-refractivity contribution is 0.0554. The number of likely N-dealkylation sites (tertiary alicyclic amines) is 2. The Morgan fingerprint density at radius 2 is 1.94 bits per heavy atom. The van der Waals surface area contributed by atoms with Crippen molar-refractivity contribution in [3.8, 4) is 5.88 Å². The fourth-order valence-electron chi connectivity index (χ4n) is 5.47. The third kappa shape index (κ3) is 4.23. The minimum absolute atomic E-state index is 0.0364. The average Bonchev–Trinajstić information content (AvgIpc) is 3.42. The molecular weight excluding hydrogens is 416 g/mol. The van der Waals surface area contributed by atoms with Crippen LogP contribution in [0.3, 0.4) is 0 Å². The molecule has 3 aromatic rings. The molecule has 2 fully saturated rings. The first kappa shape index (κ1) is 21.6. The van der Waals surface area contributed by atoms with Crippen LogP contribution in [0.25, 0.3) is 0 Å². The van der Waals surface area contributed by atoms with Gasteiger partial charge in [-0.3, -0.25) is 9.69 Å². The fraction of sp³-hybridized carbons (Fsp3) is 0.440. The number of aryl methyl sites for hydroxylation is 1. The van der Waals surface area contributed by atoms with Gasteiger partial charge in [0, 0.05) is 58.0 Å². The molecule has 8 nitrogen and oxygen atoms in total. The summed E-state index contributed by atoms with van der Waals surface area (Å²) in [6.07, 6.45) is 5.29. The molecule has 1 aromatic carbocycles. The topological polar surface area (TPSA) is 76.4 Å². The van der Waals surface area contributed by atoms with Crippen LogP contribution in [0.4, 0.5) is 0 Å². The van der Waals surface area contributed by atoms with Gasteiger partial charge in [-0.15, -0.1) is 10.2 Å². The molecule has 2 saturated heterocycles. The first-order valence-electron chi connectivity index (χ1n) is 11.5. The van der Waals surface area contributed by atoms with Gasteiger partial charge in [-0.1, -0.05) is 30.3 Å². The highest BCUT2D eigenvalue weighted by Gasteiger charge is 2.50. The Morgan fingerprint density at radius 3 is 2.58 bits per heavy atom. The van der Waals surface area contributed by atoms with Crippen molar-refractivity contribution in [2.45, 2.75) is 25.3 Å². The van der Waals surface area contributed by atoms with Crippen molar-refractivity contribution in [2.75, 3.05) is 33.3 Å². The third-order valence-electron chi connectivity index (χ3n) is 7.26. The van der Waals surface area contributed by atoms with E-state index in [0.29, 0.717) is 17.4 Å². The summed E-state index contributed by atoms with van der Waals surface area (Å²) in [6, 6.07) is 14.2. The van der Waals surface area contributed by atoms with Crippen LogP contribution in [-0.4, -0.2) is 68.7 Å². The summed E-state index contributed by atoms with van der Waals surface area (Å²) in [5.41, 5.74) is 2.02. The van der Waals surface area contributed by atoms with Crippen molar-refractivity contribution in [1.82, 2.24) is 29.5 Å². The number of amides is 1. The standard InChI is InChI=1S/C25H30N6O2/c1-29-18-27-28-23(29)21-16-30(15-19-6-4-3-5-7-19)17-25(21)10-12-31(13-11-25)24(32)20-8-9-22(33-2)26-14-20/h3-9,14,18,21H,10-13,15-17H2,1-2H3. The first-order valence-corrected chi connectivity index (χ1v) is 11.5. The van der Waals surface area contributed by atoms with Crippen molar-refractivity contribution >= 4 is 5.91 Å². The molecule has 1 unspecified atom stereocenters. The highest BCUT2D eigenvalue weighted by molar-refractivity contribution is 5.94. The average molecular weight is 447 g/mol. The Kier molecular flexibility index (Phi) is 5.85. The van der Waals surface area contributed by atoms with Gasteiger partial charge in [0.15, 0.2) is 0 Å². The summed E-state index contributed by atoms with van der Waals surface area (Å²) in [6.45, 7) is 4.36. The van der Waals surface area contributed by atoms with E-state index in [4.69, 9.17) is 4.74 Å². The number of aromatic nitrogens is 4. The van der Waals surface area contributed by atoms with E-state index in [1.54, 1.807) is 31.8 Å². The second kappa shape index (κ2) is 8.94. The number of carbonyl (C=O) groups is 1. The van der Waals surface area contributed by atoms with Crippen LogP contribution in [0.1, 0.15) is 40.5 Å². The molecule has 0 radical (unpaired) electrons. The van der Waals surface area contributed by atoms with Gasteiger partial charge in [-0.05, 0) is 29.9 Å². The van der Waals surface area contributed by atoms with Crippen molar-refractivity contribution in [2.24, 2.45) is 12.5 Å². The monoisotopic (exact) mass is 446 g/mol. The van der Waals surface area contributed by atoms with E-state index in [9.17, 15) is 4.79 Å². The molecule has 5 rings (SSSR count). The van der Waals surface area contributed by atoms with E-state index < -0.39 is 0 Å². The zero-order valence-corrected chi connectivity index (χ0v) is 19.2. The Bertz CT molecular complexity index is 1090. The quantitative estimate of drug-likeness (QED) is 0.600. The zero-order chi connectivity index (χ0) is 22.8. The maximum atomic E-state index is 13.1. The van der Waals surface area contributed by atoms with Crippen LogP contribution in [0, 0.1) is 5.41 Å². The van der Waals surface area contributed by atoms with Gasteiger partial charge in [0.05, 0.1) is 12.7 Å². The molecule has 0 N–H and O–H groups in total. The summed E-state index contributed by atoms with van der Waals surface area (Å²) in [5, 5.41) is 8.66. The van der Waals surface area contributed by atoms with Crippen molar-refractivity contribution in [1.29, 1.82) is 0 Å². The molecule has 2 aromatic heterocycles. The summed E-state index contributed by atoms with van der Waals surface area (Å²) < 4.78 is 7.17. The number of benzene rings is 1. The Labute approximate surface area is 194 Å². The first-order chi connectivity index (χ1) is 16.1. The second-order valence-electron chi connectivity index (χ2n) is 9.25. The minimum Gasteiger partial charge on any atom is -0.481 e. The molecule has 1 atom stereocenters. The third-order valence-corrected chi connectivity index (χ3v) is 7.26. The van der Waals surface area contributed by atoms with Gasteiger partial charge in [0.2, 0.25) is 5.88 Å². The molecule has 1 amide bonds. The number of nitrogens with zero attached hydrogens (tertiary/aromatic N) is 6. The largest absolute Gasteiger partial charge is 0.481 e. The molecule has 2 aliphatic heterocycles. The number of carbonyl (C=O) groups excluding carboxylic acids is 1. The predicted octanol–water partition coefficient (Wildman–Crippen LogP) is 2.74. The van der Waals surface area contributed by atoms with Crippen LogP contribution in [0.5, 0.6) is 5.88 Å². The van der Waals surface area contributed by atoms with Gasteiger partial charge in [0.25, 0.3) is 5.91 Å². The Hall–Kier alpha value is -3.26. The molecule has 0 aliphatic carbocycles. The number of hydrogen-bond donors (Lipinski definition) is 0. The predicted molar refractivity (Wildman–Crippen MR) is 124 cm³/mol. The van der Waals surface area contributed by atoms with Crippen molar-refractivity contribution in [3.05, 3.63) is 71.9 Å². The number of hydrogen-bond acceptors (Lipinski definition) is 6. The number of rotatable bonds is 5. The lowest BCUT2D eigenvalue weighted by Gasteiger charge is -2.42. The van der Waals surface area contributed by atoms with Crippen LogP contribution in [0.15, 0.2) is 55.0 Å². The van der Waals surface area contributed by atoms with Crippen LogP contribution in [-0.2, 0) is 13.6 Å². The maximum absolute atomic E-state index is 13.1. The minimum atomic E-state index is 0.0364. The van der Waals surface area contributed by atoms with E-state index in [1.807, 2.05) is 11.9 Å². The summed E-state index contributed by atoms with van der Waals surface area (Å²) >= 11 is 0. The highest BCUT2D eigenvalue weighted by Crippen LogP contribution is 2.49. The zero-order valence-electron chi connectivity index (χ0n) is 19.2. The molecule has 33 heavy (non-hydrogen) atoms. The molecule has 4 heterocycles. The number of methoxy groups -OCH3 is 1. The second-order valence-corrected chi connectivity index (χ2v) is 9.25. The summed E-state index contributed by atoms with van der Waals surface area (Å²) in [5.74, 6) is 1.90. The van der Waals surface area contributed by atoms with Gasteiger partial charge in [-0.2, -0.15) is 0 Å². The lowest BCUT2D eigenvalue weighted by atomic mass is 9.70. The van der Waals surface area contributed by atoms with Gasteiger partial charge in [-0.25, -0.2) is 4.98 Å². The van der Waals surface area contributed by atoms with Gasteiger partial charge >= 0.3 is 0 Å². The maximum Gasteiger partial charge on any atom is 0.255 e. The smallest absolute Gasteiger partial charge is 0.255 e. The Balaban J connectivity index is 1.33. The lowest BCUT2D eigenvalue weighted by Crippen LogP contribution is -2.46. The van der Waals surface area contributed by atoms with Gasteiger partial charge < -0.3 is 14.2 Å². The van der Waals surface area contributed by atoms with E-state index in [2.05, 4.69) is 55.0 Å². The normalized spacial score (nSPS) is 20.3. The molecular formula is C25H30N6O2. The van der Waals surface area contributed by atoms with Crippen molar-refractivity contribution < 1.29 is 9.53 Å². The summed E-state index contributed by atoms with van der Waals surface area (Å²) in [4.78, 5) is 21.8. The van der Waals surface area contributed by atoms with E-state index in [0.717, 1.165) is 51.4 Å². The van der Waals surface area contributed by atoms with E-state index in [-0.39, 0.29) is 11.3 Å². The molecule has 0 saturated carbocycles. The molecule has 172 valence electrons. The van der Waals surface area contributed by atoms with Gasteiger partial charge in [0.1, 0.15) is 12.2 Å².